The summed E-state index contributed by atoms with van der Waals surface area (Å²) in [5, 5.41) is 6.35. The number of amides is 1. The summed E-state index contributed by atoms with van der Waals surface area (Å²) < 4.78 is 1.95. The Morgan fingerprint density at radius 2 is 2.00 bits per heavy atom. The molecule has 0 N–H and O–H groups in total. The van der Waals surface area contributed by atoms with E-state index >= 15 is 0 Å². The number of carbonyl (C=O) groups is 1. The van der Waals surface area contributed by atoms with Gasteiger partial charge in [-0.15, -0.1) is 11.3 Å². The first-order valence-corrected chi connectivity index (χ1v) is 8.08. The number of rotatable bonds is 3. The molecule has 2 aromatic heterocycles. The van der Waals surface area contributed by atoms with Gasteiger partial charge in [0.05, 0.1) is 17.1 Å². The minimum atomic E-state index is 0.0265. The zero-order valence-electron chi connectivity index (χ0n) is 12.6. The molecular weight excluding hydrogens is 318 g/mol. The Morgan fingerprint density at radius 3 is 2.64 bits per heavy atom. The molecule has 0 aliphatic rings. The maximum atomic E-state index is 12.1. The number of hydrogen-bond acceptors (Lipinski definition) is 3. The number of hydrogen-bond donors (Lipinski definition) is 0. The van der Waals surface area contributed by atoms with Crippen LogP contribution in [0.25, 0.3) is 10.2 Å². The molecule has 4 nitrogen and oxygen atoms in total. The molecular formula is C16H16ClN3OS. The highest BCUT2D eigenvalue weighted by Crippen LogP contribution is 2.29. The molecule has 0 bridgehead atoms. The van der Waals surface area contributed by atoms with E-state index in [9.17, 15) is 4.79 Å². The lowest BCUT2D eigenvalue weighted by molar-refractivity contribution is 0.0832. The molecule has 0 saturated carbocycles. The summed E-state index contributed by atoms with van der Waals surface area (Å²) in [5.74, 6) is 0.0265. The van der Waals surface area contributed by atoms with Crippen LogP contribution in [0.1, 0.15) is 20.9 Å². The average molecular weight is 334 g/mol. The Morgan fingerprint density at radius 1 is 1.32 bits per heavy atom. The van der Waals surface area contributed by atoms with Crippen molar-refractivity contribution >= 4 is 39.1 Å². The Hall–Kier alpha value is -1.85. The second-order valence-electron chi connectivity index (χ2n) is 5.40. The summed E-state index contributed by atoms with van der Waals surface area (Å²) >= 11 is 7.41. The minimum absolute atomic E-state index is 0.0265. The summed E-state index contributed by atoms with van der Waals surface area (Å²) in [5.41, 5.74) is 2.07. The molecule has 0 saturated heterocycles. The molecule has 0 fully saturated rings. The van der Waals surface area contributed by atoms with Crippen LogP contribution in [0, 0.1) is 6.92 Å². The van der Waals surface area contributed by atoms with Gasteiger partial charge >= 0.3 is 0 Å². The molecule has 1 aromatic carbocycles. The van der Waals surface area contributed by atoms with Crippen LogP contribution in [0.4, 0.5) is 0 Å². The number of aromatic nitrogens is 2. The summed E-state index contributed by atoms with van der Waals surface area (Å²) in [7, 11) is 3.53. The van der Waals surface area contributed by atoms with Crippen molar-refractivity contribution in [2.75, 3.05) is 14.1 Å². The van der Waals surface area contributed by atoms with Crippen molar-refractivity contribution < 1.29 is 4.79 Å². The van der Waals surface area contributed by atoms with Gasteiger partial charge in [-0.3, -0.25) is 9.48 Å². The molecule has 0 aliphatic carbocycles. The molecule has 114 valence electrons. The second kappa shape index (κ2) is 5.74. The maximum Gasteiger partial charge on any atom is 0.263 e. The highest BCUT2D eigenvalue weighted by atomic mass is 35.5. The number of fused-ring (bicyclic) bond motifs is 1. The zero-order valence-corrected chi connectivity index (χ0v) is 14.2. The van der Waals surface area contributed by atoms with Crippen molar-refractivity contribution in [1.82, 2.24) is 14.7 Å². The van der Waals surface area contributed by atoms with E-state index in [1.165, 1.54) is 11.3 Å². The Kier molecular flexibility index (Phi) is 3.93. The molecule has 22 heavy (non-hydrogen) atoms. The largest absolute Gasteiger partial charge is 0.344 e. The number of nitrogens with zero attached hydrogens (tertiary/aromatic N) is 3. The summed E-state index contributed by atoms with van der Waals surface area (Å²) in [6.45, 7) is 2.63. The molecule has 6 heteroatoms. The molecule has 0 radical (unpaired) electrons. The number of benzene rings is 1. The highest BCUT2D eigenvalue weighted by molar-refractivity contribution is 7.20. The molecule has 2 heterocycles. The highest BCUT2D eigenvalue weighted by Gasteiger charge is 2.17. The molecule has 0 unspecified atom stereocenters. The molecule has 0 aliphatic heterocycles. The topological polar surface area (TPSA) is 38.1 Å². The predicted octanol–water partition coefficient (Wildman–Crippen LogP) is 3.81. The van der Waals surface area contributed by atoms with Crippen molar-refractivity contribution in [1.29, 1.82) is 0 Å². The van der Waals surface area contributed by atoms with Gasteiger partial charge in [-0.25, -0.2) is 0 Å². The minimum Gasteiger partial charge on any atom is -0.344 e. The first-order chi connectivity index (χ1) is 10.5. The van der Waals surface area contributed by atoms with E-state index in [0.717, 1.165) is 31.4 Å². The lowest BCUT2D eigenvalue weighted by Crippen LogP contribution is -2.20. The molecule has 0 spiro atoms. The zero-order chi connectivity index (χ0) is 15.9. The van der Waals surface area contributed by atoms with Crippen LogP contribution in [-0.4, -0.2) is 34.7 Å². The quantitative estimate of drug-likeness (QED) is 0.731. The fraction of sp³-hybridized carbons (Fsp3) is 0.250. The lowest BCUT2D eigenvalue weighted by Gasteiger charge is -2.07. The van der Waals surface area contributed by atoms with Crippen LogP contribution in [0.5, 0.6) is 0 Å². The van der Waals surface area contributed by atoms with Gasteiger partial charge in [0.15, 0.2) is 0 Å². The maximum absolute atomic E-state index is 12.1. The van der Waals surface area contributed by atoms with Crippen LogP contribution >= 0.6 is 22.9 Å². The third-order valence-corrected chi connectivity index (χ3v) is 4.86. The second-order valence-corrected chi connectivity index (χ2v) is 6.87. The van der Waals surface area contributed by atoms with Gasteiger partial charge in [-0.05, 0) is 30.7 Å². The Balaban J connectivity index is 1.99. The van der Waals surface area contributed by atoms with Gasteiger partial charge in [0.2, 0.25) is 0 Å². The summed E-state index contributed by atoms with van der Waals surface area (Å²) in [6.07, 6.45) is 0. The van der Waals surface area contributed by atoms with E-state index < -0.39 is 0 Å². The van der Waals surface area contributed by atoms with Gasteiger partial charge in [0, 0.05) is 24.5 Å². The van der Waals surface area contributed by atoms with E-state index in [4.69, 9.17) is 11.6 Å². The van der Waals surface area contributed by atoms with E-state index in [0.29, 0.717) is 6.54 Å². The molecule has 3 aromatic rings. The molecule has 3 rings (SSSR count). The van der Waals surface area contributed by atoms with Crippen molar-refractivity contribution in [3.05, 3.63) is 51.5 Å². The van der Waals surface area contributed by atoms with E-state index in [1.54, 1.807) is 19.0 Å². The smallest absolute Gasteiger partial charge is 0.263 e. The fourth-order valence-electron chi connectivity index (χ4n) is 2.31. The van der Waals surface area contributed by atoms with Gasteiger partial charge in [0.1, 0.15) is 4.83 Å². The third-order valence-electron chi connectivity index (χ3n) is 3.47. The van der Waals surface area contributed by atoms with Crippen LogP contribution in [-0.2, 0) is 6.54 Å². The van der Waals surface area contributed by atoms with Crippen molar-refractivity contribution in [2.45, 2.75) is 13.5 Å². The lowest BCUT2D eigenvalue weighted by atomic mass is 10.2. The van der Waals surface area contributed by atoms with Crippen LogP contribution in [0.3, 0.4) is 0 Å². The molecule has 1 amide bonds. The van der Waals surface area contributed by atoms with Gasteiger partial charge in [-0.2, -0.15) is 5.10 Å². The Labute approximate surface area is 137 Å². The van der Waals surface area contributed by atoms with Crippen molar-refractivity contribution in [2.24, 2.45) is 0 Å². The van der Waals surface area contributed by atoms with Crippen LogP contribution in [0.2, 0.25) is 5.02 Å². The fourth-order valence-corrected chi connectivity index (χ4v) is 3.62. The summed E-state index contributed by atoms with van der Waals surface area (Å²) in [6, 6.07) is 9.66. The summed E-state index contributed by atoms with van der Waals surface area (Å²) in [4.78, 5) is 15.5. The Bertz CT molecular complexity index is 833. The first-order valence-electron chi connectivity index (χ1n) is 6.89. The van der Waals surface area contributed by atoms with Gasteiger partial charge < -0.3 is 4.90 Å². The van der Waals surface area contributed by atoms with Crippen molar-refractivity contribution in [3.63, 3.8) is 0 Å². The standard InChI is InChI=1S/C16H16ClN3OS/c1-10-13-8-14(15(21)19(2)3)22-16(13)20(18-10)9-11-4-6-12(17)7-5-11/h4-8H,9H2,1-3H3. The van der Waals surface area contributed by atoms with E-state index in [1.807, 2.05) is 41.9 Å². The predicted molar refractivity (Wildman–Crippen MR) is 90.9 cm³/mol. The first kappa shape index (κ1) is 15.1. The SMILES string of the molecule is Cc1nn(Cc2ccc(Cl)cc2)c2sc(C(=O)N(C)C)cc12. The van der Waals surface area contributed by atoms with E-state index in [-0.39, 0.29) is 5.91 Å². The van der Waals surface area contributed by atoms with Crippen LogP contribution in [0.15, 0.2) is 30.3 Å². The van der Waals surface area contributed by atoms with E-state index in [2.05, 4.69) is 5.10 Å². The average Bonchev–Trinajstić information content (AvgIpc) is 3.03. The number of aryl methyl sites for hydroxylation is 1. The normalized spacial score (nSPS) is 11.1. The van der Waals surface area contributed by atoms with Gasteiger partial charge in [0.25, 0.3) is 5.91 Å². The number of halogens is 1. The number of carbonyl (C=O) groups excluding carboxylic acids is 1. The monoisotopic (exact) mass is 333 g/mol. The molecule has 0 atom stereocenters. The van der Waals surface area contributed by atoms with Crippen LogP contribution < -0.4 is 0 Å². The van der Waals surface area contributed by atoms with Gasteiger partial charge in [-0.1, -0.05) is 23.7 Å². The van der Waals surface area contributed by atoms with Crippen molar-refractivity contribution in [3.8, 4) is 0 Å². The number of thiophene rings is 1. The third kappa shape index (κ3) is 2.74.